The molecule has 1 nitrogen and oxygen atoms in total. The fourth-order valence-corrected chi connectivity index (χ4v) is 1.72. The molecular formula is C10H17N. The van der Waals surface area contributed by atoms with Crippen LogP contribution in [0.5, 0.6) is 0 Å². The number of likely N-dealkylation sites (tertiary alicyclic amines) is 1. The summed E-state index contributed by atoms with van der Waals surface area (Å²) in [4.78, 5) is 2.31. The third kappa shape index (κ3) is 1.16. The number of hydrogen-bond acceptors (Lipinski definition) is 1. The zero-order valence-corrected chi connectivity index (χ0v) is 7.94. The molecule has 1 heterocycles. The van der Waals surface area contributed by atoms with Gasteiger partial charge in [-0.15, -0.1) is 6.42 Å². The predicted molar refractivity (Wildman–Crippen MR) is 48.3 cm³/mol. The maximum atomic E-state index is 5.49. The average molecular weight is 151 g/mol. The molecule has 0 saturated carbocycles. The largest absolute Gasteiger partial charge is 0.285 e. The van der Waals surface area contributed by atoms with Crippen molar-refractivity contribution in [3.8, 4) is 12.3 Å². The van der Waals surface area contributed by atoms with Gasteiger partial charge in [0.15, 0.2) is 0 Å². The van der Waals surface area contributed by atoms with Crippen molar-refractivity contribution in [3.63, 3.8) is 0 Å². The number of hydrogen-bond donors (Lipinski definition) is 0. The molecule has 0 aliphatic carbocycles. The first kappa shape index (κ1) is 8.62. The number of rotatable bonds is 0. The van der Waals surface area contributed by atoms with Gasteiger partial charge in [-0.1, -0.05) is 5.92 Å². The first-order valence-electron chi connectivity index (χ1n) is 4.14. The van der Waals surface area contributed by atoms with Crippen molar-refractivity contribution in [2.24, 2.45) is 0 Å². The second kappa shape index (κ2) is 2.25. The fourth-order valence-electron chi connectivity index (χ4n) is 1.72. The molecule has 0 spiro atoms. The lowest BCUT2D eigenvalue weighted by atomic mass is 10.0. The molecule has 1 aliphatic heterocycles. The Morgan fingerprint density at radius 1 is 1.27 bits per heavy atom. The third-order valence-electron chi connectivity index (χ3n) is 3.18. The van der Waals surface area contributed by atoms with Crippen LogP contribution in [0.25, 0.3) is 0 Å². The van der Waals surface area contributed by atoms with Crippen molar-refractivity contribution in [2.75, 3.05) is 7.05 Å². The van der Waals surface area contributed by atoms with Crippen LogP contribution in [0.15, 0.2) is 0 Å². The quantitative estimate of drug-likeness (QED) is 0.478. The van der Waals surface area contributed by atoms with Gasteiger partial charge in [-0.25, -0.2) is 0 Å². The lowest BCUT2D eigenvalue weighted by molar-refractivity contribution is 0.141. The number of nitrogens with zero attached hydrogens (tertiary/aromatic N) is 1. The zero-order valence-electron chi connectivity index (χ0n) is 7.94. The van der Waals surface area contributed by atoms with E-state index in [1.54, 1.807) is 0 Å². The van der Waals surface area contributed by atoms with E-state index < -0.39 is 0 Å². The summed E-state index contributed by atoms with van der Waals surface area (Å²) in [5.74, 6) is 2.87. The van der Waals surface area contributed by atoms with Gasteiger partial charge >= 0.3 is 0 Å². The van der Waals surface area contributed by atoms with Gasteiger partial charge in [-0.05, 0) is 40.7 Å². The summed E-state index contributed by atoms with van der Waals surface area (Å²) >= 11 is 0. The summed E-state index contributed by atoms with van der Waals surface area (Å²) in [6, 6.07) is 0. The van der Waals surface area contributed by atoms with Gasteiger partial charge in [-0.3, -0.25) is 4.90 Å². The maximum Gasteiger partial charge on any atom is 0.0797 e. The molecule has 0 unspecified atom stereocenters. The maximum absolute atomic E-state index is 5.49. The highest BCUT2D eigenvalue weighted by molar-refractivity contribution is 5.17. The van der Waals surface area contributed by atoms with Crippen molar-refractivity contribution in [1.29, 1.82) is 0 Å². The predicted octanol–water partition coefficient (Wildman–Crippen LogP) is 1.88. The van der Waals surface area contributed by atoms with Gasteiger partial charge in [0.25, 0.3) is 0 Å². The highest BCUT2D eigenvalue weighted by atomic mass is 15.2. The van der Waals surface area contributed by atoms with Crippen molar-refractivity contribution >= 4 is 0 Å². The first-order valence-corrected chi connectivity index (χ1v) is 4.14. The minimum absolute atomic E-state index is 0.0104. The normalized spacial score (nSPS) is 37.0. The van der Waals surface area contributed by atoms with E-state index in [0.29, 0.717) is 0 Å². The first-order chi connectivity index (χ1) is 4.92. The Balaban J connectivity index is 2.89. The van der Waals surface area contributed by atoms with Crippen LogP contribution in [-0.4, -0.2) is 23.0 Å². The van der Waals surface area contributed by atoms with Gasteiger partial charge in [0.1, 0.15) is 0 Å². The minimum Gasteiger partial charge on any atom is -0.285 e. The Morgan fingerprint density at radius 3 is 2.00 bits per heavy atom. The molecule has 0 bridgehead atoms. The summed E-state index contributed by atoms with van der Waals surface area (Å²) in [6.45, 7) is 6.63. The third-order valence-corrected chi connectivity index (χ3v) is 3.18. The second-order valence-corrected chi connectivity index (χ2v) is 4.29. The van der Waals surface area contributed by atoms with Crippen LogP contribution in [0, 0.1) is 12.3 Å². The Hall–Kier alpha value is -0.480. The minimum atomic E-state index is -0.0104. The van der Waals surface area contributed by atoms with Crippen LogP contribution < -0.4 is 0 Å². The Kier molecular flexibility index (Phi) is 1.76. The summed E-state index contributed by atoms with van der Waals surface area (Å²) in [5.41, 5.74) is 0.268. The molecule has 0 N–H and O–H groups in total. The molecule has 1 saturated heterocycles. The van der Waals surface area contributed by atoms with E-state index in [2.05, 4.69) is 38.6 Å². The zero-order chi connectivity index (χ0) is 8.70. The van der Waals surface area contributed by atoms with Crippen LogP contribution in [0.2, 0.25) is 0 Å². The highest BCUT2D eigenvalue weighted by Gasteiger charge is 2.43. The molecule has 0 amide bonds. The van der Waals surface area contributed by atoms with Gasteiger partial charge in [0, 0.05) is 5.54 Å². The molecular weight excluding hydrogens is 134 g/mol. The van der Waals surface area contributed by atoms with E-state index in [-0.39, 0.29) is 11.1 Å². The highest BCUT2D eigenvalue weighted by Crippen LogP contribution is 2.38. The van der Waals surface area contributed by atoms with E-state index in [0.717, 1.165) is 6.42 Å². The SMILES string of the molecule is C#C[C@]1(C)CCC(C)(C)N1C. The van der Waals surface area contributed by atoms with E-state index in [9.17, 15) is 0 Å². The molecule has 62 valence electrons. The standard InChI is InChI=1S/C10H17N/c1-6-10(4)8-7-9(2,3)11(10)5/h1H,7-8H2,2-5H3/t10-/m1/s1. The van der Waals surface area contributed by atoms with Crippen LogP contribution in [0.4, 0.5) is 0 Å². The Bertz CT molecular complexity index is 199. The molecule has 1 rings (SSSR count). The van der Waals surface area contributed by atoms with Crippen LogP contribution in [0.1, 0.15) is 33.6 Å². The summed E-state index contributed by atoms with van der Waals surface area (Å²) in [6.07, 6.45) is 7.80. The second-order valence-electron chi connectivity index (χ2n) is 4.29. The van der Waals surface area contributed by atoms with E-state index >= 15 is 0 Å². The Labute approximate surface area is 69.8 Å². The van der Waals surface area contributed by atoms with Crippen molar-refractivity contribution < 1.29 is 0 Å². The molecule has 1 aliphatic rings. The van der Waals surface area contributed by atoms with Crippen molar-refractivity contribution in [2.45, 2.75) is 44.7 Å². The molecule has 1 atom stereocenters. The summed E-state index contributed by atoms with van der Waals surface area (Å²) in [7, 11) is 2.12. The molecule has 11 heavy (non-hydrogen) atoms. The molecule has 1 heteroatoms. The summed E-state index contributed by atoms with van der Waals surface area (Å²) < 4.78 is 0. The average Bonchev–Trinajstić information content (AvgIpc) is 2.16. The van der Waals surface area contributed by atoms with Crippen molar-refractivity contribution in [1.82, 2.24) is 4.90 Å². The fraction of sp³-hybridized carbons (Fsp3) is 0.800. The van der Waals surface area contributed by atoms with Gasteiger partial charge in [0.05, 0.1) is 5.54 Å². The monoisotopic (exact) mass is 151 g/mol. The van der Waals surface area contributed by atoms with Crippen molar-refractivity contribution in [3.05, 3.63) is 0 Å². The van der Waals surface area contributed by atoms with Crippen LogP contribution >= 0.6 is 0 Å². The van der Waals surface area contributed by atoms with E-state index in [1.807, 2.05) is 0 Å². The van der Waals surface area contributed by atoms with Crippen LogP contribution in [0.3, 0.4) is 0 Å². The lowest BCUT2D eigenvalue weighted by Crippen LogP contribution is -2.45. The molecule has 0 radical (unpaired) electrons. The van der Waals surface area contributed by atoms with E-state index in [1.165, 1.54) is 6.42 Å². The summed E-state index contributed by atoms with van der Waals surface area (Å²) in [5, 5.41) is 0. The molecule has 0 aromatic heterocycles. The topological polar surface area (TPSA) is 3.24 Å². The van der Waals surface area contributed by atoms with Gasteiger partial charge in [0.2, 0.25) is 0 Å². The number of terminal acetylenes is 1. The van der Waals surface area contributed by atoms with Gasteiger partial charge < -0.3 is 0 Å². The molecule has 1 fully saturated rings. The smallest absolute Gasteiger partial charge is 0.0797 e. The van der Waals surface area contributed by atoms with Crippen LogP contribution in [-0.2, 0) is 0 Å². The molecule has 0 aromatic rings. The van der Waals surface area contributed by atoms with E-state index in [4.69, 9.17) is 6.42 Å². The van der Waals surface area contributed by atoms with Gasteiger partial charge in [-0.2, -0.15) is 0 Å². The molecule has 0 aromatic carbocycles. The lowest BCUT2D eigenvalue weighted by Gasteiger charge is -2.35. The Morgan fingerprint density at radius 2 is 1.82 bits per heavy atom.